The molecule has 0 spiro atoms. The van der Waals surface area contributed by atoms with E-state index >= 15 is 0 Å². The smallest absolute Gasteiger partial charge is 0.261 e. The van der Waals surface area contributed by atoms with Gasteiger partial charge in [-0.05, 0) is 37.4 Å². The summed E-state index contributed by atoms with van der Waals surface area (Å²) in [5.41, 5.74) is 0. The van der Waals surface area contributed by atoms with Crippen molar-refractivity contribution < 1.29 is 13.9 Å². The van der Waals surface area contributed by atoms with Gasteiger partial charge in [0.25, 0.3) is 5.91 Å². The first-order chi connectivity index (χ1) is 10.1. The molecule has 0 saturated carbocycles. The van der Waals surface area contributed by atoms with E-state index < -0.39 is 11.9 Å². The van der Waals surface area contributed by atoms with Crippen molar-refractivity contribution in [3.63, 3.8) is 0 Å². The summed E-state index contributed by atoms with van der Waals surface area (Å²) in [5.74, 6) is -0.0757. The summed E-state index contributed by atoms with van der Waals surface area (Å²) in [6.45, 7) is 5.73. The molecule has 0 aromatic heterocycles. The van der Waals surface area contributed by atoms with Crippen molar-refractivity contribution in [3.05, 3.63) is 30.1 Å². The lowest BCUT2D eigenvalue weighted by Gasteiger charge is -2.31. The maximum atomic E-state index is 13.6. The summed E-state index contributed by atoms with van der Waals surface area (Å²) in [6, 6.07) is 6.25. The Bertz CT molecular complexity index is 481. The Hall–Kier alpha value is -1.62. The molecule has 0 bridgehead atoms. The number of carbonyl (C=O) groups is 1. The highest BCUT2D eigenvalue weighted by molar-refractivity contribution is 5.81. The number of ether oxygens (including phenoxy) is 1. The first-order valence-electron chi connectivity index (χ1n) is 7.54. The summed E-state index contributed by atoms with van der Waals surface area (Å²) >= 11 is 0. The van der Waals surface area contributed by atoms with Gasteiger partial charge in [0.1, 0.15) is 0 Å². The molecule has 1 aromatic carbocycles. The number of hydrogen-bond donors (Lipinski definition) is 2. The summed E-state index contributed by atoms with van der Waals surface area (Å²) in [7, 11) is 0. The van der Waals surface area contributed by atoms with E-state index in [1.807, 2.05) is 6.92 Å². The molecule has 4 nitrogen and oxygen atoms in total. The fourth-order valence-electron chi connectivity index (χ4n) is 2.47. The Balaban J connectivity index is 1.97. The minimum absolute atomic E-state index is 0.101. The normalized spacial score (nSPS) is 23.4. The molecule has 5 heteroatoms. The average Bonchev–Trinajstić information content (AvgIpc) is 2.48. The topological polar surface area (TPSA) is 50.4 Å². The number of rotatable bonds is 5. The SMILES string of the molecule is CCC(Oc1ccccc1F)C(=O)NC1CNCCC1C. The Morgan fingerprint density at radius 1 is 1.52 bits per heavy atom. The minimum atomic E-state index is -0.670. The highest BCUT2D eigenvalue weighted by Crippen LogP contribution is 2.18. The molecule has 3 unspecified atom stereocenters. The third-order valence-electron chi connectivity index (χ3n) is 3.92. The molecule has 2 rings (SSSR count). The average molecular weight is 294 g/mol. The minimum Gasteiger partial charge on any atom is -0.478 e. The second-order valence-electron chi connectivity index (χ2n) is 5.53. The number of para-hydroxylation sites is 1. The van der Waals surface area contributed by atoms with E-state index in [9.17, 15) is 9.18 Å². The fraction of sp³-hybridized carbons (Fsp3) is 0.562. The third-order valence-corrected chi connectivity index (χ3v) is 3.92. The number of carbonyl (C=O) groups excluding carboxylic acids is 1. The molecule has 1 heterocycles. The van der Waals surface area contributed by atoms with E-state index in [1.165, 1.54) is 12.1 Å². The summed E-state index contributed by atoms with van der Waals surface area (Å²) in [6.07, 6.45) is 0.862. The lowest BCUT2D eigenvalue weighted by atomic mass is 9.94. The van der Waals surface area contributed by atoms with Gasteiger partial charge in [-0.25, -0.2) is 4.39 Å². The maximum Gasteiger partial charge on any atom is 0.261 e. The highest BCUT2D eigenvalue weighted by atomic mass is 19.1. The van der Waals surface area contributed by atoms with Crippen LogP contribution in [0.15, 0.2) is 24.3 Å². The zero-order valence-electron chi connectivity index (χ0n) is 12.6. The van der Waals surface area contributed by atoms with Gasteiger partial charge in [0.15, 0.2) is 17.7 Å². The van der Waals surface area contributed by atoms with Gasteiger partial charge in [-0.2, -0.15) is 0 Å². The standard InChI is InChI=1S/C16H23FN2O2/c1-3-14(21-15-7-5-4-6-12(15)17)16(20)19-13-10-18-9-8-11(13)2/h4-7,11,13-14,18H,3,8-10H2,1-2H3,(H,19,20). The Kier molecular flexibility index (Phi) is 5.56. The molecule has 2 N–H and O–H groups in total. The molecule has 3 atom stereocenters. The zero-order valence-corrected chi connectivity index (χ0v) is 12.6. The predicted octanol–water partition coefficient (Wildman–Crippen LogP) is 2.10. The number of nitrogens with one attached hydrogen (secondary N) is 2. The van der Waals surface area contributed by atoms with Gasteiger partial charge < -0.3 is 15.4 Å². The molecule has 0 radical (unpaired) electrons. The van der Waals surface area contributed by atoms with E-state index in [-0.39, 0.29) is 17.7 Å². The predicted molar refractivity (Wildman–Crippen MR) is 79.7 cm³/mol. The van der Waals surface area contributed by atoms with Gasteiger partial charge in [0.05, 0.1) is 0 Å². The molecular weight excluding hydrogens is 271 g/mol. The van der Waals surface area contributed by atoms with Gasteiger partial charge in [-0.15, -0.1) is 0 Å². The molecule has 0 aliphatic carbocycles. The molecule has 1 aliphatic rings. The largest absolute Gasteiger partial charge is 0.478 e. The Morgan fingerprint density at radius 3 is 2.95 bits per heavy atom. The molecular formula is C16H23FN2O2. The van der Waals surface area contributed by atoms with Crippen LogP contribution in [0.5, 0.6) is 5.75 Å². The molecule has 1 amide bonds. The van der Waals surface area contributed by atoms with E-state index in [0.29, 0.717) is 12.3 Å². The van der Waals surface area contributed by atoms with Crippen LogP contribution in [0.1, 0.15) is 26.7 Å². The van der Waals surface area contributed by atoms with Crippen LogP contribution in [0.2, 0.25) is 0 Å². The number of amides is 1. The molecule has 1 fully saturated rings. The summed E-state index contributed by atoms with van der Waals surface area (Å²) < 4.78 is 19.1. The lowest BCUT2D eigenvalue weighted by molar-refractivity contribution is -0.129. The van der Waals surface area contributed by atoms with Gasteiger partial charge in [0, 0.05) is 12.6 Å². The molecule has 1 aliphatic heterocycles. The molecule has 1 aromatic rings. The number of hydrogen-bond acceptors (Lipinski definition) is 3. The number of piperidine rings is 1. The van der Waals surface area contributed by atoms with Gasteiger partial charge in [0.2, 0.25) is 0 Å². The number of benzene rings is 1. The van der Waals surface area contributed by atoms with Gasteiger partial charge in [-0.3, -0.25) is 4.79 Å². The Labute approximate surface area is 125 Å². The van der Waals surface area contributed by atoms with Gasteiger partial charge >= 0.3 is 0 Å². The van der Waals surface area contributed by atoms with Crippen LogP contribution in [0.4, 0.5) is 4.39 Å². The lowest BCUT2D eigenvalue weighted by Crippen LogP contribution is -2.53. The zero-order chi connectivity index (χ0) is 15.2. The monoisotopic (exact) mass is 294 g/mol. The number of halogens is 1. The van der Waals surface area contributed by atoms with Gasteiger partial charge in [-0.1, -0.05) is 26.0 Å². The van der Waals surface area contributed by atoms with Crippen molar-refractivity contribution in [3.8, 4) is 5.75 Å². The van der Waals surface area contributed by atoms with Crippen LogP contribution in [-0.2, 0) is 4.79 Å². The van der Waals surface area contributed by atoms with E-state index in [2.05, 4.69) is 17.6 Å². The summed E-state index contributed by atoms with van der Waals surface area (Å²) in [4.78, 5) is 12.3. The maximum absolute atomic E-state index is 13.6. The highest BCUT2D eigenvalue weighted by Gasteiger charge is 2.27. The third kappa shape index (κ3) is 4.17. The van der Waals surface area contributed by atoms with Crippen molar-refractivity contribution in [2.45, 2.75) is 38.8 Å². The summed E-state index contributed by atoms with van der Waals surface area (Å²) in [5, 5.41) is 6.28. The van der Waals surface area contributed by atoms with Crippen molar-refractivity contribution in [2.75, 3.05) is 13.1 Å². The quantitative estimate of drug-likeness (QED) is 0.874. The van der Waals surface area contributed by atoms with Crippen LogP contribution in [-0.4, -0.2) is 31.1 Å². The van der Waals surface area contributed by atoms with Crippen LogP contribution < -0.4 is 15.4 Å². The fourth-order valence-corrected chi connectivity index (χ4v) is 2.47. The van der Waals surface area contributed by atoms with E-state index in [0.717, 1.165) is 19.5 Å². The molecule has 21 heavy (non-hydrogen) atoms. The molecule has 116 valence electrons. The van der Waals surface area contributed by atoms with Crippen LogP contribution in [0.3, 0.4) is 0 Å². The Morgan fingerprint density at radius 2 is 2.29 bits per heavy atom. The first-order valence-corrected chi connectivity index (χ1v) is 7.54. The van der Waals surface area contributed by atoms with Crippen molar-refractivity contribution in [1.29, 1.82) is 0 Å². The second kappa shape index (κ2) is 7.41. The van der Waals surface area contributed by atoms with E-state index in [4.69, 9.17) is 4.74 Å². The molecule has 1 saturated heterocycles. The van der Waals surface area contributed by atoms with Crippen molar-refractivity contribution in [2.24, 2.45) is 5.92 Å². The first kappa shape index (κ1) is 15.8. The van der Waals surface area contributed by atoms with Crippen LogP contribution >= 0.6 is 0 Å². The van der Waals surface area contributed by atoms with Crippen LogP contribution in [0.25, 0.3) is 0 Å². The second-order valence-corrected chi connectivity index (χ2v) is 5.53. The van der Waals surface area contributed by atoms with Crippen molar-refractivity contribution >= 4 is 5.91 Å². The van der Waals surface area contributed by atoms with E-state index in [1.54, 1.807) is 12.1 Å². The van der Waals surface area contributed by atoms with Crippen molar-refractivity contribution in [1.82, 2.24) is 10.6 Å². The van der Waals surface area contributed by atoms with Crippen LogP contribution in [0, 0.1) is 11.7 Å².